The molecular formula is C15H22O3. The quantitative estimate of drug-likeness (QED) is 0.753. The van der Waals surface area contributed by atoms with E-state index >= 15 is 0 Å². The maximum absolute atomic E-state index is 11.4. The van der Waals surface area contributed by atoms with E-state index < -0.39 is 0 Å². The third kappa shape index (κ3) is 3.25. The van der Waals surface area contributed by atoms with Gasteiger partial charge in [0.15, 0.2) is 0 Å². The summed E-state index contributed by atoms with van der Waals surface area (Å²) in [6, 6.07) is 2.01. The predicted molar refractivity (Wildman–Crippen MR) is 72.2 cm³/mol. The number of benzene rings is 1. The summed E-state index contributed by atoms with van der Waals surface area (Å²) in [6.07, 6.45) is 1.31. The first-order valence-corrected chi connectivity index (χ1v) is 6.30. The molecule has 0 saturated carbocycles. The van der Waals surface area contributed by atoms with Crippen LogP contribution < -0.4 is 4.74 Å². The fraction of sp³-hybridized carbons (Fsp3) is 0.533. The SMILES string of the molecule is CCCOc1cc(C)c(CC(=O)OC)c(C)c1C. The lowest BCUT2D eigenvalue weighted by atomic mass is 9.95. The van der Waals surface area contributed by atoms with Crippen LogP contribution in [0.1, 0.15) is 35.6 Å². The topological polar surface area (TPSA) is 35.5 Å². The first kappa shape index (κ1) is 14.6. The van der Waals surface area contributed by atoms with Crippen LogP contribution in [0.3, 0.4) is 0 Å². The second-order valence-electron chi connectivity index (χ2n) is 4.52. The number of carbonyl (C=O) groups is 1. The standard InChI is InChI=1S/C15H22O3/c1-6-7-18-14-8-10(2)13(9-15(16)17-5)11(3)12(14)4/h8H,6-7,9H2,1-5H3. The van der Waals surface area contributed by atoms with Crippen LogP contribution in [0, 0.1) is 20.8 Å². The van der Waals surface area contributed by atoms with Gasteiger partial charge in [0.1, 0.15) is 5.75 Å². The number of esters is 1. The van der Waals surface area contributed by atoms with Gasteiger partial charge in [0.05, 0.1) is 20.1 Å². The third-order valence-electron chi connectivity index (χ3n) is 3.22. The molecule has 0 amide bonds. The lowest BCUT2D eigenvalue weighted by molar-refractivity contribution is -0.139. The van der Waals surface area contributed by atoms with E-state index in [1.54, 1.807) is 0 Å². The van der Waals surface area contributed by atoms with Crippen LogP contribution >= 0.6 is 0 Å². The van der Waals surface area contributed by atoms with Crippen LogP contribution in [0.25, 0.3) is 0 Å². The molecule has 1 aromatic rings. The molecule has 3 nitrogen and oxygen atoms in total. The summed E-state index contributed by atoms with van der Waals surface area (Å²) in [4.78, 5) is 11.4. The summed E-state index contributed by atoms with van der Waals surface area (Å²) in [7, 11) is 1.42. The molecule has 0 spiro atoms. The minimum Gasteiger partial charge on any atom is -0.493 e. The predicted octanol–water partition coefficient (Wildman–Crippen LogP) is 3.12. The van der Waals surface area contributed by atoms with Crippen LogP contribution in [0.2, 0.25) is 0 Å². The number of methoxy groups -OCH3 is 1. The Bertz CT molecular complexity index is 436. The van der Waals surface area contributed by atoms with Crippen LogP contribution in [0.15, 0.2) is 6.07 Å². The molecule has 18 heavy (non-hydrogen) atoms. The summed E-state index contributed by atoms with van der Waals surface area (Å²) in [6.45, 7) is 8.86. The van der Waals surface area contributed by atoms with Gasteiger partial charge in [-0.25, -0.2) is 0 Å². The molecule has 0 radical (unpaired) electrons. The maximum atomic E-state index is 11.4. The van der Waals surface area contributed by atoms with Crippen molar-refractivity contribution in [3.8, 4) is 5.75 Å². The average Bonchev–Trinajstić information content (AvgIpc) is 2.36. The van der Waals surface area contributed by atoms with Crippen molar-refractivity contribution in [3.63, 3.8) is 0 Å². The number of rotatable bonds is 5. The van der Waals surface area contributed by atoms with Gasteiger partial charge in [-0.2, -0.15) is 0 Å². The molecule has 0 heterocycles. The molecule has 100 valence electrons. The van der Waals surface area contributed by atoms with Gasteiger partial charge < -0.3 is 9.47 Å². The Morgan fingerprint density at radius 3 is 2.44 bits per heavy atom. The smallest absolute Gasteiger partial charge is 0.309 e. The van der Waals surface area contributed by atoms with Gasteiger partial charge in [-0.05, 0) is 55.5 Å². The van der Waals surface area contributed by atoms with Gasteiger partial charge in [-0.3, -0.25) is 4.79 Å². The molecule has 0 bridgehead atoms. The lowest BCUT2D eigenvalue weighted by Crippen LogP contribution is -2.09. The molecule has 0 aliphatic heterocycles. The number of hydrogen-bond acceptors (Lipinski definition) is 3. The van der Waals surface area contributed by atoms with Gasteiger partial charge >= 0.3 is 5.97 Å². The molecule has 0 atom stereocenters. The van der Waals surface area contributed by atoms with E-state index in [-0.39, 0.29) is 5.97 Å². The lowest BCUT2D eigenvalue weighted by Gasteiger charge is -2.16. The van der Waals surface area contributed by atoms with Crippen molar-refractivity contribution in [1.82, 2.24) is 0 Å². The monoisotopic (exact) mass is 250 g/mol. The molecule has 0 aliphatic carbocycles. The zero-order valence-corrected chi connectivity index (χ0v) is 11.9. The van der Waals surface area contributed by atoms with Gasteiger partial charge in [0.25, 0.3) is 0 Å². The zero-order valence-electron chi connectivity index (χ0n) is 11.9. The highest BCUT2D eigenvalue weighted by Crippen LogP contribution is 2.28. The van der Waals surface area contributed by atoms with Gasteiger partial charge in [0, 0.05) is 0 Å². The van der Waals surface area contributed by atoms with Gasteiger partial charge in [0.2, 0.25) is 0 Å². The normalized spacial score (nSPS) is 10.3. The molecule has 0 saturated heterocycles. The molecule has 3 heteroatoms. The molecule has 1 rings (SSSR count). The molecule has 1 aromatic carbocycles. The van der Waals surface area contributed by atoms with Crippen molar-refractivity contribution in [2.24, 2.45) is 0 Å². The molecular weight excluding hydrogens is 228 g/mol. The fourth-order valence-corrected chi connectivity index (χ4v) is 1.95. The Morgan fingerprint density at radius 1 is 1.22 bits per heavy atom. The van der Waals surface area contributed by atoms with Crippen LogP contribution in [-0.2, 0) is 16.0 Å². The Morgan fingerprint density at radius 2 is 1.89 bits per heavy atom. The summed E-state index contributed by atoms with van der Waals surface area (Å²) >= 11 is 0. The number of hydrogen-bond donors (Lipinski definition) is 0. The summed E-state index contributed by atoms with van der Waals surface area (Å²) in [5.41, 5.74) is 4.34. The Kier molecular flexibility index (Phi) is 5.20. The van der Waals surface area contributed by atoms with E-state index in [1.165, 1.54) is 7.11 Å². The summed E-state index contributed by atoms with van der Waals surface area (Å²) < 4.78 is 10.4. The van der Waals surface area contributed by atoms with Crippen molar-refractivity contribution in [2.75, 3.05) is 13.7 Å². The zero-order chi connectivity index (χ0) is 13.7. The third-order valence-corrected chi connectivity index (χ3v) is 3.22. The molecule has 0 N–H and O–H groups in total. The number of carbonyl (C=O) groups excluding carboxylic acids is 1. The van der Waals surface area contributed by atoms with E-state index in [0.29, 0.717) is 6.42 Å². The first-order valence-electron chi connectivity index (χ1n) is 6.30. The Labute approximate surface area is 109 Å². The summed E-state index contributed by atoms with van der Waals surface area (Å²) in [5.74, 6) is 0.711. The first-order chi connectivity index (χ1) is 8.51. The highest BCUT2D eigenvalue weighted by atomic mass is 16.5. The van der Waals surface area contributed by atoms with Crippen molar-refractivity contribution in [1.29, 1.82) is 0 Å². The molecule has 0 fully saturated rings. The van der Waals surface area contributed by atoms with Crippen molar-refractivity contribution in [3.05, 3.63) is 28.3 Å². The van der Waals surface area contributed by atoms with Crippen LogP contribution in [0.4, 0.5) is 0 Å². The van der Waals surface area contributed by atoms with Crippen molar-refractivity contribution >= 4 is 5.97 Å². The highest BCUT2D eigenvalue weighted by Gasteiger charge is 2.14. The fourth-order valence-electron chi connectivity index (χ4n) is 1.95. The minimum atomic E-state index is -0.206. The Balaban J connectivity index is 3.08. The van der Waals surface area contributed by atoms with E-state index in [4.69, 9.17) is 9.47 Å². The maximum Gasteiger partial charge on any atom is 0.309 e. The van der Waals surface area contributed by atoms with E-state index in [0.717, 1.165) is 41.0 Å². The molecule has 0 aromatic heterocycles. The van der Waals surface area contributed by atoms with Gasteiger partial charge in [-0.15, -0.1) is 0 Å². The van der Waals surface area contributed by atoms with Crippen molar-refractivity contribution in [2.45, 2.75) is 40.5 Å². The number of ether oxygens (including phenoxy) is 2. The van der Waals surface area contributed by atoms with E-state index in [9.17, 15) is 4.79 Å². The van der Waals surface area contributed by atoms with E-state index in [2.05, 4.69) is 6.92 Å². The average molecular weight is 250 g/mol. The highest BCUT2D eigenvalue weighted by molar-refractivity contribution is 5.74. The second-order valence-corrected chi connectivity index (χ2v) is 4.52. The molecule has 0 unspecified atom stereocenters. The van der Waals surface area contributed by atoms with Crippen LogP contribution in [-0.4, -0.2) is 19.7 Å². The van der Waals surface area contributed by atoms with Crippen molar-refractivity contribution < 1.29 is 14.3 Å². The van der Waals surface area contributed by atoms with E-state index in [1.807, 2.05) is 26.8 Å². The largest absolute Gasteiger partial charge is 0.493 e. The summed E-state index contributed by atoms with van der Waals surface area (Å²) in [5, 5.41) is 0. The second kappa shape index (κ2) is 6.43. The van der Waals surface area contributed by atoms with Gasteiger partial charge in [-0.1, -0.05) is 6.92 Å². The minimum absolute atomic E-state index is 0.206. The molecule has 0 aliphatic rings. The Hall–Kier alpha value is -1.51. The number of aryl methyl sites for hydroxylation is 1. The van der Waals surface area contributed by atoms with Crippen LogP contribution in [0.5, 0.6) is 5.75 Å².